The number of hydrogen-bond donors (Lipinski definition) is 4. The van der Waals surface area contributed by atoms with E-state index in [0.29, 0.717) is 61.4 Å². The monoisotopic (exact) mass is 452 g/mol. The maximum Gasteiger partial charge on any atom is 0.279 e. The van der Waals surface area contributed by atoms with Gasteiger partial charge in [0, 0.05) is 32.2 Å². The van der Waals surface area contributed by atoms with Crippen molar-refractivity contribution in [3.8, 4) is 0 Å². The van der Waals surface area contributed by atoms with Crippen LogP contribution >= 0.6 is 0 Å². The third-order valence-corrected chi connectivity index (χ3v) is 7.60. The number of anilines is 2. The van der Waals surface area contributed by atoms with Crippen molar-refractivity contribution < 1.29 is 13.5 Å². The zero-order valence-electron chi connectivity index (χ0n) is 18.2. The van der Waals surface area contributed by atoms with Crippen LogP contribution < -0.4 is 15.4 Å². The van der Waals surface area contributed by atoms with Crippen LogP contribution in [0.4, 0.5) is 11.8 Å². The molecule has 3 heterocycles. The van der Waals surface area contributed by atoms with E-state index in [4.69, 9.17) is 0 Å². The fourth-order valence-electron chi connectivity index (χ4n) is 4.01. The molecule has 2 aliphatic rings. The smallest absolute Gasteiger partial charge is 0.279 e. The standard InChI is InChI=1S/C19H32N8O3S/c1-4-21-31(29,30)27-9-8-14(10-27)23-17-15-18(26(5-2)11-20-15)25-19(24-17)22-12(3)16(28)13-6-7-13/h11-14,16,21,28H,4-10H2,1-3H3,(H2,22,23,24,25)/t12-,14+,16?/m1/s1. The predicted molar refractivity (Wildman–Crippen MR) is 119 cm³/mol. The highest BCUT2D eigenvalue weighted by Crippen LogP contribution is 2.34. The Bertz CT molecular complexity index is 1020. The van der Waals surface area contributed by atoms with E-state index in [-0.39, 0.29) is 12.1 Å². The molecule has 4 rings (SSSR count). The van der Waals surface area contributed by atoms with Crippen molar-refractivity contribution in [1.82, 2.24) is 28.5 Å². The van der Waals surface area contributed by atoms with Crippen LogP contribution in [-0.2, 0) is 16.8 Å². The molecule has 4 N–H and O–H groups in total. The first-order valence-corrected chi connectivity index (χ1v) is 12.4. The Hall–Kier alpha value is -2.02. The van der Waals surface area contributed by atoms with Crippen LogP contribution in [0.2, 0.25) is 0 Å². The van der Waals surface area contributed by atoms with Gasteiger partial charge in [-0.25, -0.2) is 9.71 Å². The number of aryl methyl sites for hydroxylation is 1. The Balaban J connectivity index is 1.55. The van der Waals surface area contributed by atoms with Gasteiger partial charge in [-0.2, -0.15) is 22.7 Å². The molecule has 1 aliphatic carbocycles. The number of fused-ring (bicyclic) bond motifs is 1. The van der Waals surface area contributed by atoms with Crippen molar-refractivity contribution in [3.05, 3.63) is 6.33 Å². The Morgan fingerprint density at radius 3 is 2.71 bits per heavy atom. The van der Waals surface area contributed by atoms with Gasteiger partial charge in [-0.05, 0) is 39.0 Å². The fourth-order valence-corrected chi connectivity index (χ4v) is 5.28. The topological polar surface area (TPSA) is 137 Å². The van der Waals surface area contributed by atoms with E-state index in [9.17, 15) is 13.5 Å². The van der Waals surface area contributed by atoms with Crippen LogP contribution in [0.5, 0.6) is 0 Å². The summed E-state index contributed by atoms with van der Waals surface area (Å²) in [7, 11) is -3.46. The summed E-state index contributed by atoms with van der Waals surface area (Å²) in [5.41, 5.74) is 1.35. The lowest BCUT2D eigenvalue weighted by atomic mass is 10.1. The van der Waals surface area contributed by atoms with Crippen LogP contribution in [0.25, 0.3) is 11.2 Å². The molecule has 0 bridgehead atoms. The van der Waals surface area contributed by atoms with Crippen molar-refractivity contribution in [2.75, 3.05) is 30.3 Å². The lowest BCUT2D eigenvalue weighted by Crippen LogP contribution is -2.40. The molecule has 12 heteroatoms. The van der Waals surface area contributed by atoms with Crippen LogP contribution in [0.1, 0.15) is 40.0 Å². The van der Waals surface area contributed by atoms with Crippen molar-refractivity contribution in [3.63, 3.8) is 0 Å². The summed E-state index contributed by atoms with van der Waals surface area (Å²) in [6, 6.07) is -0.260. The summed E-state index contributed by atoms with van der Waals surface area (Å²) in [5.74, 6) is 1.33. The number of aliphatic hydroxyl groups is 1. The molecule has 11 nitrogen and oxygen atoms in total. The molecule has 1 unspecified atom stereocenters. The van der Waals surface area contributed by atoms with Crippen LogP contribution in [0.3, 0.4) is 0 Å². The molecule has 3 atom stereocenters. The molecule has 0 amide bonds. The first-order valence-electron chi connectivity index (χ1n) is 11.0. The van der Waals surface area contributed by atoms with E-state index in [2.05, 4.69) is 30.3 Å². The average molecular weight is 453 g/mol. The number of imidazole rings is 1. The molecular weight excluding hydrogens is 420 g/mol. The number of aliphatic hydroxyl groups excluding tert-OH is 1. The molecule has 1 saturated heterocycles. The van der Waals surface area contributed by atoms with E-state index >= 15 is 0 Å². The molecule has 2 aromatic heterocycles. The molecule has 1 aliphatic heterocycles. The third kappa shape index (κ3) is 4.76. The van der Waals surface area contributed by atoms with E-state index in [1.165, 1.54) is 4.31 Å². The second-order valence-electron chi connectivity index (χ2n) is 8.35. The average Bonchev–Trinajstić information content (AvgIpc) is 3.32. The quantitative estimate of drug-likeness (QED) is 0.415. The molecule has 31 heavy (non-hydrogen) atoms. The van der Waals surface area contributed by atoms with Crippen molar-refractivity contribution in [1.29, 1.82) is 0 Å². The van der Waals surface area contributed by atoms with Gasteiger partial charge in [0.05, 0.1) is 18.5 Å². The van der Waals surface area contributed by atoms with E-state index in [1.807, 2.05) is 18.4 Å². The first kappa shape index (κ1) is 22.2. The minimum absolute atomic E-state index is 0.0827. The molecule has 2 aromatic rings. The van der Waals surface area contributed by atoms with Crippen molar-refractivity contribution in [2.24, 2.45) is 5.92 Å². The maximum atomic E-state index is 12.3. The Morgan fingerprint density at radius 1 is 1.26 bits per heavy atom. The van der Waals surface area contributed by atoms with E-state index in [1.54, 1.807) is 13.3 Å². The minimum Gasteiger partial charge on any atom is -0.391 e. The van der Waals surface area contributed by atoms with Gasteiger partial charge < -0.3 is 20.3 Å². The predicted octanol–water partition coefficient (Wildman–Crippen LogP) is 0.758. The zero-order valence-corrected chi connectivity index (χ0v) is 19.1. The maximum absolute atomic E-state index is 12.3. The van der Waals surface area contributed by atoms with Crippen LogP contribution in [0, 0.1) is 5.92 Å². The normalized spacial score (nSPS) is 22.0. The van der Waals surface area contributed by atoms with Gasteiger partial charge in [0.2, 0.25) is 5.95 Å². The number of nitrogens with one attached hydrogen (secondary N) is 3. The fraction of sp³-hybridized carbons (Fsp3) is 0.737. The summed E-state index contributed by atoms with van der Waals surface area (Å²) in [4.78, 5) is 13.7. The van der Waals surface area contributed by atoms with E-state index < -0.39 is 16.3 Å². The second kappa shape index (κ2) is 8.85. The summed E-state index contributed by atoms with van der Waals surface area (Å²) < 4.78 is 30.5. The van der Waals surface area contributed by atoms with Gasteiger partial charge in [-0.1, -0.05) is 6.92 Å². The molecule has 0 aromatic carbocycles. The number of rotatable bonds is 10. The largest absolute Gasteiger partial charge is 0.391 e. The summed E-state index contributed by atoms with van der Waals surface area (Å²) >= 11 is 0. The highest BCUT2D eigenvalue weighted by molar-refractivity contribution is 7.87. The lowest BCUT2D eigenvalue weighted by Gasteiger charge is -2.21. The Labute approximate surface area is 182 Å². The van der Waals surface area contributed by atoms with E-state index in [0.717, 1.165) is 12.8 Å². The number of hydrogen-bond acceptors (Lipinski definition) is 8. The molecular formula is C19H32N8O3S. The van der Waals surface area contributed by atoms with Gasteiger partial charge in [0.25, 0.3) is 10.2 Å². The van der Waals surface area contributed by atoms with Crippen LogP contribution in [0.15, 0.2) is 6.33 Å². The minimum atomic E-state index is -3.46. The molecule has 2 fully saturated rings. The van der Waals surface area contributed by atoms with Gasteiger partial charge in [0.15, 0.2) is 17.0 Å². The first-order chi connectivity index (χ1) is 14.8. The highest BCUT2D eigenvalue weighted by atomic mass is 32.2. The lowest BCUT2D eigenvalue weighted by molar-refractivity contribution is 0.135. The Morgan fingerprint density at radius 2 is 2.03 bits per heavy atom. The van der Waals surface area contributed by atoms with Crippen molar-refractivity contribution >= 4 is 33.1 Å². The SMILES string of the molecule is CCNS(=O)(=O)N1CC[C@H](Nc2nc(N[C@H](C)C(O)C3CC3)nc3c2ncn3CC)C1. The van der Waals surface area contributed by atoms with Crippen LogP contribution in [-0.4, -0.2) is 75.2 Å². The highest BCUT2D eigenvalue weighted by Gasteiger charge is 2.34. The zero-order chi connectivity index (χ0) is 22.2. The summed E-state index contributed by atoms with van der Waals surface area (Å²) in [5, 5.41) is 17.0. The van der Waals surface area contributed by atoms with Gasteiger partial charge in [-0.3, -0.25) is 0 Å². The second-order valence-corrected chi connectivity index (χ2v) is 10.1. The van der Waals surface area contributed by atoms with Crippen molar-refractivity contribution in [2.45, 2.75) is 64.8 Å². The summed E-state index contributed by atoms with van der Waals surface area (Å²) in [6.45, 7) is 7.59. The van der Waals surface area contributed by atoms with Gasteiger partial charge in [-0.15, -0.1) is 0 Å². The summed E-state index contributed by atoms with van der Waals surface area (Å²) in [6.07, 6.45) is 4.07. The molecule has 1 saturated carbocycles. The number of nitrogens with zero attached hydrogens (tertiary/aromatic N) is 5. The number of aromatic nitrogens is 4. The molecule has 0 spiro atoms. The van der Waals surface area contributed by atoms with Gasteiger partial charge in [0.1, 0.15) is 0 Å². The van der Waals surface area contributed by atoms with Gasteiger partial charge >= 0.3 is 0 Å². The molecule has 172 valence electrons. The molecule has 0 radical (unpaired) electrons. The Kier molecular flexibility index (Phi) is 6.33. The third-order valence-electron chi connectivity index (χ3n) is 5.94.